The molecular formula is C25H16N2O5S2. The van der Waals surface area contributed by atoms with E-state index in [2.05, 4.69) is 0 Å². The minimum absolute atomic E-state index is 0.0821. The highest BCUT2D eigenvalue weighted by molar-refractivity contribution is 7.99. The van der Waals surface area contributed by atoms with Crippen molar-refractivity contribution in [2.75, 3.05) is 0 Å². The van der Waals surface area contributed by atoms with Crippen LogP contribution in [-0.4, -0.2) is 15.5 Å². The lowest BCUT2D eigenvalue weighted by molar-refractivity contribution is -0.385. The molecule has 2 aliphatic rings. The van der Waals surface area contributed by atoms with Gasteiger partial charge in [0.1, 0.15) is 5.75 Å². The molecule has 0 fully saturated rings. The molecule has 7 nitrogen and oxygen atoms in total. The predicted octanol–water partition coefficient (Wildman–Crippen LogP) is 5.32. The van der Waals surface area contributed by atoms with E-state index >= 15 is 0 Å². The average molecular weight is 489 g/mol. The molecule has 0 bridgehead atoms. The molecule has 0 amide bonds. The number of hydrogen-bond acceptors (Lipinski definition) is 7. The van der Waals surface area contributed by atoms with Gasteiger partial charge in [-0.1, -0.05) is 71.6 Å². The van der Waals surface area contributed by atoms with Crippen molar-refractivity contribution in [3.63, 3.8) is 0 Å². The van der Waals surface area contributed by atoms with Gasteiger partial charge in [0.2, 0.25) is 0 Å². The summed E-state index contributed by atoms with van der Waals surface area (Å²) in [5.74, 6) is -1.25. The second kappa shape index (κ2) is 7.96. The van der Waals surface area contributed by atoms with Gasteiger partial charge in [0.05, 0.1) is 26.8 Å². The van der Waals surface area contributed by atoms with Gasteiger partial charge in [-0.25, -0.2) is 0 Å². The van der Waals surface area contributed by atoms with Crippen LogP contribution in [0.2, 0.25) is 0 Å². The van der Waals surface area contributed by atoms with Crippen molar-refractivity contribution < 1.29 is 14.5 Å². The number of rotatable bonds is 3. The topological polar surface area (TPSA) is 91.4 Å². The van der Waals surface area contributed by atoms with Crippen LogP contribution in [0.4, 0.5) is 5.69 Å². The van der Waals surface area contributed by atoms with Crippen molar-refractivity contribution in [3.8, 4) is 11.4 Å². The maximum atomic E-state index is 13.3. The molecule has 4 aromatic rings. The summed E-state index contributed by atoms with van der Waals surface area (Å²) in [6.45, 7) is 0. The summed E-state index contributed by atoms with van der Waals surface area (Å²) >= 11 is 2.55. The molecule has 0 N–H and O–H groups in total. The van der Waals surface area contributed by atoms with Gasteiger partial charge < -0.3 is 4.74 Å². The number of thioether (sulfide) groups is 1. The Hall–Kier alpha value is -3.69. The molecule has 1 aromatic heterocycles. The maximum Gasteiger partial charge on any atom is 0.316 e. The first kappa shape index (κ1) is 20.9. The Kier molecular flexibility index (Phi) is 4.89. The quantitative estimate of drug-likeness (QED) is 0.168. The van der Waals surface area contributed by atoms with Gasteiger partial charge in [0.15, 0.2) is 0 Å². The first-order chi connectivity index (χ1) is 16.5. The molecule has 3 heterocycles. The van der Waals surface area contributed by atoms with Gasteiger partial charge in [-0.2, -0.15) is 0 Å². The third-order valence-electron chi connectivity index (χ3n) is 6.16. The number of nitro groups is 1. The molecule has 0 radical (unpaired) electrons. The molecule has 2 aliphatic heterocycles. The Morgan fingerprint density at radius 1 is 0.941 bits per heavy atom. The van der Waals surface area contributed by atoms with Crippen molar-refractivity contribution in [2.24, 2.45) is 5.92 Å². The van der Waals surface area contributed by atoms with E-state index in [1.807, 2.05) is 60.7 Å². The van der Waals surface area contributed by atoms with Gasteiger partial charge in [-0.3, -0.25) is 24.3 Å². The summed E-state index contributed by atoms with van der Waals surface area (Å²) in [5, 5.41) is 12.0. The Balaban J connectivity index is 1.63. The first-order valence-electron chi connectivity index (χ1n) is 10.6. The second-order valence-electron chi connectivity index (χ2n) is 8.06. The summed E-state index contributed by atoms with van der Waals surface area (Å²) in [6, 6.07) is 23.3. The highest BCUT2D eigenvalue weighted by Crippen LogP contribution is 2.59. The monoisotopic (exact) mass is 488 g/mol. The predicted molar refractivity (Wildman–Crippen MR) is 129 cm³/mol. The fraction of sp³-hybridized carbons (Fsp3) is 0.120. The van der Waals surface area contributed by atoms with Crippen LogP contribution in [0.25, 0.3) is 5.69 Å². The molecule has 0 unspecified atom stereocenters. The molecule has 0 saturated carbocycles. The molecular weight excluding hydrogens is 472 g/mol. The lowest BCUT2D eigenvalue weighted by Gasteiger charge is -2.39. The minimum atomic E-state index is -0.628. The zero-order valence-corrected chi connectivity index (χ0v) is 19.1. The number of thiazole rings is 1. The molecule has 9 heteroatoms. The van der Waals surface area contributed by atoms with Crippen molar-refractivity contribution in [1.29, 1.82) is 0 Å². The number of ether oxygens (including phenoxy) is 1. The number of esters is 1. The first-order valence-corrected chi connectivity index (χ1v) is 12.3. The van der Waals surface area contributed by atoms with Crippen LogP contribution in [-0.2, 0) is 4.79 Å². The zero-order valence-electron chi connectivity index (χ0n) is 17.5. The Morgan fingerprint density at radius 2 is 1.65 bits per heavy atom. The van der Waals surface area contributed by atoms with Crippen LogP contribution in [0.15, 0.2) is 88.7 Å². The number of carbonyl (C=O) groups excluding carboxylic acids is 1. The van der Waals surface area contributed by atoms with Crippen LogP contribution in [0.1, 0.15) is 27.2 Å². The number of fused-ring (bicyclic) bond motifs is 5. The number of hydrogen-bond donors (Lipinski definition) is 0. The average Bonchev–Trinajstić information content (AvgIpc) is 3.19. The highest BCUT2D eigenvalue weighted by Gasteiger charge is 2.50. The van der Waals surface area contributed by atoms with E-state index in [1.54, 1.807) is 4.57 Å². The lowest BCUT2D eigenvalue weighted by atomic mass is 9.78. The van der Waals surface area contributed by atoms with E-state index in [4.69, 9.17) is 4.74 Å². The molecule has 0 saturated heterocycles. The number of benzene rings is 3. The summed E-state index contributed by atoms with van der Waals surface area (Å²) in [7, 11) is 0. The van der Waals surface area contributed by atoms with E-state index in [0.717, 1.165) is 32.5 Å². The van der Waals surface area contributed by atoms with Gasteiger partial charge in [-0.05, 0) is 23.8 Å². The minimum Gasteiger partial charge on any atom is -0.426 e. The number of aromatic nitrogens is 1. The van der Waals surface area contributed by atoms with Crippen LogP contribution in [0.3, 0.4) is 0 Å². The van der Waals surface area contributed by atoms with Crippen LogP contribution < -0.4 is 9.61 Å². The summed E-state index contributed by atoms with van der Waals surface area (Å²) in [4.78, 5) is 38.2. The van der Waals surface area contributed by atoms with Gasteiger partial charge in [0, 0.05) is 28.5 Å². The number of carbonyl (C=O) groups is 1. The third kappa shape index (κ3) is 3.19. The largest absolute Gasteiger partial charge is 0.426 e. The normalized spacial score (nSPS) is 20.6. The smallest absolute Gasteiger partial charge is 0.316 e. The Bertz CT molecular complexity index is 1500. The van der Waals surface area contributed by atoms with Crippen LogP contribution in [0, 0.1) is 16.0 Å². The number of nitro benzene ring substituents is 1. The Labute approximate surface area is 201 Å². The van der Waals surface area contributed by atoms with Crippen molar-refractivity contribution in [3.05, 3.63) is 115 Å². The van der Waals surface area contributed by atoms with Crippen LogP contribution >= 0.6 is 23.1 Å². The summed E-state index contributed by atoms with van der Waals surface area (Å²) in [6.07, 6.45) is 0. The molecule has 3 atom stereocenters. The number of nitrogens with zero attached hydrogens (tertiary/aromatic N) is 2. The maximum absolute atomic E-state index is 13.3. The van der Waals surface area contributed by atoms with Gasteiger partial charge >= 0.3 is 10.8 Å². The second-order valence-corrected chi connectivity index (χ2v) is 10.2. The van der Waals surface area contributed by atoms with Crippen molar-refractivity contribution in [1.82, 2.24) is 4.57 Å². The number of para-hydroxylation sites is 1. The zero-order chi connectivity index (χ0) is 23.4. The third-order valence-corrected chi connectivity index (χ3v) is 8.76. The van der Waals surface area contributed by atoms with Crippen molar-refractivity contribution in [2.45, 2.75) is 16.2 Å². The van der Waals surface area contributed by atoms with E-state index in [0.29, 0.717) is 11.3 Å². The van der Waals surface area contributed by atoms with Crippen LogP contribution in [0.5, 0.6) is 5.75 Å². The molecule has 168 valence electrons. The molecule has 0 aliphatic carbocycles. The highest BCUT2D eigenvalue weighted by atomic mass is 32.2. The summed E-state index contributed by atoms with van der Waals surface area (Å²) in [5.41, 5.74) is 2.14. The van der Waals surface area contributed by atoms with E-state index in [9.17, 15) is 19.7 Å². The fourth-order valence-corrected chi connectivity index (χ4v) is 7.56. The van der Waals surface area contributed by atoms with Gasteiger partial charge in [0.25, 0.3) is 5.69 Å². The van der Waals surface area contributed by atoms with E-state index in [-0.39, 0.29) is 15.8 Å². The van der Waals surface area contributed by atoms with Gasteiger partial charge in [-0.15, -0.1) is 0 Å². The van der Waals surface area contributed by atoms with E-state index < -0.39 is 22.7 Å². The lowest BCUT2D eigenvalue weighted by Crippen LogP contribution is -2.37. The Morgan fingerprint density at radius 3 is 2.35 bits per heavy atom. The fourth-order valence-electron chi connectivity index (χ4n) is 4.69. The molecule has 6 rings (SSSR count). The number of non-ortho nitro benzene ring substituents is 1. The summed E-state index contributed by atoms with van der Waals surface area (Å²) < 4.78 is 7.34. The molecule has 0 spiro atoms. The van der Waals surface area contributed by atoms with Crippen molar-refractivity contribution >= 4 is 34.8 Å². The standard InChI is InChI=1S/C25H16N2O5S2/c28-24-20-19(17-13-16(27(30)31)11-12-18(17)32-24)22-23(33-21(20)14-7-3-1-4-8-14)26(25(29)34-22)15-9-5-2-6-10-15/h1-13,19-21H/t19-,20-,21-/m0/s1. The SMILES string of the molecule is O=C1Oc2ccc([N+](=O)[O-])cc2[C@@H]2c3sc(=O)n(-c4ccccc4)c3S[C@@H](c3ccccc3)[C@@H]12. The molecule has 34 heavy (non-hydrogen) atoms. The molecule has 3 aromatic carbocycles. The van der Waals surface area contributed by atoms with E-state index in [1.165, 1.54) is 30.0 Å².